The minimum atomic E-state index is -1.13. The van der Waals surface area contributed by atoms with Gasteiger partial charge in [-0.05, 0) is 55.4 Å². The van der Waals surface area contributed by atoms with Crippen LogP contribution >= 0.6 is 0 Å². The third-order valence-corrected chi connectivity index (χ3v) is 7.22. The van der Waals surface area contributed by atoms with Crippen LogP contribution in [0.2, 0.25) is 0 Å². The SMILES string of the molecule is CN(C)CCC(NC(=O)C(CN(C)Cc1ccccc1)NC(=O)OCC1c2ccccc2-c2ccccc21)C(=O)O. The normalized spacial score (nSPS) is 13.8. The van der Waals surface area contributed by atoms with Gasteiger partial charge in [0.05, 0.1) is 0 Å². The summed E-state index contributed by atoms with van der Waals surface area (Å²) in [5.41, 5.74) is 5.46. The van der Waals surface area contributed by atoms with E-state index in [9.17, 15) is 19.5 Å². The number of aliphatic carboxylic acids is 1. The Morgan fingerprint density at radius 3 is 2.00 bits per heavy atom. The van der Waals surface area contributed by atoms with E-state index in [-0.39, 0.29) is 25.5 Å². The van der Waals surface area contributed by atoms with Crippen LogP contribution in [0.4, 0.5) is 4.79 Å². The highest BCUT2D eigenvalue weighted by Gasteiger charge is 2.31. The number of hydrogen-bond donors (Lipinski definition) is 3. The molecule has 0 aromatic heterocycles. The van der Waals surface area contributed by atoms with E-state index in [0.29, 0.717) is 13.1 Å². The van der Waals surface area contributed by atoms with Crippen LogP contribution in [0.1, 0.15) is 29.0 Å². The topological polar surface area (TPSA) is 111 Å². The van der Waals surface area contributed by atoms with Crippen molar-refractivity contribution in [2.75, 3.05) is 40.8 Å². The van der Waals surface area contributed by atoms with Crippen molar-refractivity contribution in [3.05, 3.63) is 95.6 Å². The summed E-state index contributed by atoms with van der Waals surface area (Å²) in [6.45, 7) is 1.29. The van der Waals surface area contributed by atoms with Crippen LogP contribution in [-0.4, -0.2) is 85.8 Å². The van der Waals surface area contributed by atoms with E-state index in [1.54, 1.807) is 0 Å². The monoisotopic (exact) mass is 558 g/mol. The van der Waals surface area contributed by atoms with Gasteiger partial charge in [-0.2, -0.15) is 0 Å². The molecule has 0 radical (unpaired) electrons. The summed E-state index contributed by atoms with van der Waals surface area (Å²) in [5.74, 6) is -1.83. The summed E-state index contributed by atoms with van der Waals surface area (Å²) in [4.78, 5) is 42.0. The summed E-state index contributed by atoms with van der Waals surface area (Å²) in [6, 6.07) is 23.8. The van der Waals surface area contributed by atoms with Crippen molar-refractivity contribution in [3.8, 4) is 11.1 Å². The molecule has 0 saturated heterocycles. The molecular weight excluding hydrogens is 520 g/mol. The molecule has 9 heteroatoms. The maximum atomic E-state index is 13.3. The molecule has 3 N–H and O–H groups in total. The van der Waals surface area contributed by atoms with Crippen LogP contribution in [0.25, 0.3) is 11.1 Å². The fraction of sp³-hybridized carbons (Fsp3) is 0.344. The van der Waals surface area contributed by atoms with E-state index in [0.717, 1.165) is 27.8 Å². The van der Waals surface area contributed by atoms with Crippen LogP contribution in [0.3, 0.4) is 0 Å². The molecule has 216 valence electrons. The van der Waals surface area contributed by atoms with Gasteiger partial charge < -0.3 is 25.4 Å². The van der Waals surface area contributed by atoms with Crippen molar-refractivity contribution in [1.29, 1.82) is 0 Å². The molecular formula is C32H38N4O5. The second-order valence-electron chi connectivity index (χ2n) is 10.7. The number of likely N-dealkylation sites (N-methyl/N-ethyl adjacent to an activating group) is 1. The van der Waals surface area contributed by atoms with Crippen molar-refractivity contribution < 1.29 is 24.2 Å². The van der Waals surface area contributed by atoms with E-state index in [1.807, 2.05) is 97.7 Å². The molecule has 41 heavy (non-hydrogen) atoms. The lowest BCUT2D eigenvalue weighted by Crippen LogP contribution is -2.55. The number of hydrogen-bond acceptors (Lipinski definition) is 6. The number of ether oxygens (including phenoxy) is 1. The number of amides is 2. The molecule has 0 saturated carbocycles. The van der Waals surface area contributed by atoms with Gasteiger partial charge in [0.2, 0.25) is 5.91 Å². The number of rotatable bonds is 13. The zero-order valence-electron chi connectivity index (χ0n) is 23.7. The molecule has 3 aromatic carbocycles. The first-order chi connectivity index (χ1) is 19.7. The van der Waals surface area contributed by atoms with E-state index >= 15 is 0 Å². The molecule has 2 amide bonds. The smallest absolute Gasteiger partial charge is 0.407 e. The molecule has 0 aliphatic heterocycles. The van der Waals surface area contributed by atoms with Crippen molar-refractivity contribution >= 4 is 18.0 Å². The van der Waals surface area contributed by atoms with Gasteiger partial charge in [-0.3, -0.25) is 9.69 Å². The summed E-state index contributed by atoms with van der Waals surface area (Å²) < 4.78 is 5.68. The van der Waals surface area contributed by atoms with E-state index in [2.05, 4.69) is 22.8 Å². The third kappa shape index (κ3) is 7.93. The molecule has 0 heterocycles. The first-order valence-electron chi connectivity index (χ1n) is 13.7. The average Bonchev–Trinajstić information content (AvgIpc) is 3.27. The van der Waals surface area contributed by atoms with Crippen LogP contribution in [0.5, 0.6) is 0 Å². The maximum Gasteiger partial charge on any atom is 0.407 e. The Morgan fingerprint density at radius 2 is 1.41 bits per heavy atom. The second-order valence-corrected chi connectivity index (χ2v) is 10.7. The molecule has 9 nitrogen and oxygen atoms in total. The molecule has 1 aliphatic carbocycles. The molecule has 1 aliphatic rings. The van der Waals surface area contributed by atoms with Gasteiger partial charge in [0, 0.05) is 25.6 Å². The maximum absolute atomic E-state index is 13.3. The zero-order valence-corrected chi connectivity index (χ0v) is 23.7. The summed E-state index contributed by atoms with van der Waals surface area (Å²) in [7, 11) is 5.51. The highest BCUT2D eigenvalue weighted by atomic mass is 16.5. The first-order valence-corrected chi connectivity index (χ1v) is 13.7. The van der Waals surface area contributed by atoms with Crippen LogP contribution in [-0.2, 0) is 20.9 Å². The number of nitrogens with zero attached hydrogens (tertiary/aromatic N) is 2. The van der Waals surface area contributed by atoms with Gasteiger partial charge >= 0.3 is 12.1 Å². The van der Waals surface area contributed by atoms with Crippen LogP contribution in [0.15, 0.2) is 78.9 Å². The Hall–Kier alpha value is -4.21. The minimum absolute atomic E-state index is 0.106. The van der Waals surface area contributed by atoms with Crippen molar-refractivity contribution in [2.24, 2.45) is 0 Å². The molecule has 0 fully saturated rings. The lowest BCUT2D eigenvalue weighted by atomic mass is 9.98. The first kappa shape index (κ1) is 29.8. The second kappa shape index (κ2) is 13.9. The highest BCUT2D eigenvalue weighted by molar-refractivity contribution is 5.89. The van der Waals surface area contributed by atoms with Gasteiger partial charge in [0.1, 0.15) is 18.7 Å². The van der Waals surface area contributed by atoms with Crippen LogP contribution in [0, 0.1) is 0 Å². The summed E-state index contributed by atoms with van der Waals surface area (Å²) >= 11 is 0. The van der Waals surface area contributed by atoms with Crippen molar-refractivity contribution in [3.63, 3.8) is 0 Å². The largest absolute Gasteiger partial charge is 0.480 e. The zero-order chi connectivity index (χ0) is 29.4. The molecule has 2 atom stereocenters. The predicted molar refractivity (Wildman–Crippen MR) is 158 cm³/mol. The molecule has 2 unspecified atom stereocenters. The van der Waals surface area contributed by atoms with Gasteiger partial charge in [-0.25, -0.2) is 9.59 Å². The van der Waals surface area contributed by atoms with Gasteiger partial charge in [-0.15, -0.1) is 0 Å². The Balaban J connectivity index is 1.44. The summed E-state index contributed by atoms with van der Waals surface area (Å²) in [5, 5.41) is 15.0. The van der Waals surface area contributed by atoms with E-state index < -0.39 is 30.1 Å². The number of carboxylic acids is 1. The Bertz CT molecular complexity index is 1300. The van der Waals surface area contributed by atoms with Gasteiger partial charge in [0.25, 0.3) is 0 Å². The summed E-state index contributed by atoms with van der Waals surface area (Å²) in [6.07, 6.45) is -0.508. The Kier molecular flexibility index (Phi) is 10.1. The number of carboxylic acid groups (broad SMARTS) is 1. The Morgan fingerprint density at radius 1 is 0.829 bits per heavy atom. The quantitative estimate of drug-likeness (QED) is 0.294. The van der Waals surface area contributed by atoms with E-state index in [1.165, 1.54) is 0 Å². The lowest BCUT2D eigenvalue weighted by molar-refractivity contribution is -0.142. The van der Waals surface area contributed by atoms with Gasteiger partial charge in [0.15, 0.2) is 0 Å². The number of fused-ring (bicyclic) bond motifs is 3. The van der Waals surface area contributed by atoms with Crippen LogP contribution < -0.4 is 10.6 Å². The molecule has 0 bridgehead atoms. The number of carbonyl (C=O) groups is 3. The lowest BCUT2D eigenvalue weighted by Gasteiger charge is -2.26. The number of benzene rings is 3. The molecule has 4 rings (SSSR count). The highest BCUT2D eigenvalue weighted by Crippen LogP contribution is 2.44. The predicted octanol–water partition coefficient (Wildman–Crippen LogP) is 3.55. The van der Waals surface area contributed by atoms with Crippen molar-refractivity contribution in [1.82, 2.24) is 20.4 Å². The minimum Gasteiger partial charge on any atom is -0.480 e. The van der Waals surface area contributed by atoms with Crippen molar-refractivity contribution in [2.45, 2.75) is 31.0 Å². The Labute approximate surface area is 241 Å². The standard InChI is InChI=1S/C32H38N4O5/c1-35(2)18-17-28(31(38)39)33-30(37)29(20-36(3)19-22-11-5-4-6-12-22)34-32(40)41-21-27-25-15-9-7-13-23(25)24-14-8-10-16-26(24)27/h4-16,27-29H,17-21H2,1-3H3,(H,33,37)(H,34,40)(H,38,39). The number of alkyl carbamates (subject to hydrolysis) is 1. The molecule has 3 aromatic rings. The van der Waals surface area contributed by atoms with E-state index in [4.69, 9.17) is 4.74 Å². The average molecular weight is 559 g/mol. The van der Waals surface area contributed by atoms with Gasteiger partial charge in [-0.1, -0.05) is 78.9 Å². The number of nitrogens with one attached hydrogen (secondary N) is 2. The molecule has 0 spiro atoms. The number of carbonyl (C=O) groups excluding carboxylic acids is 2. The third-order valence-electron chi connectivity index (χ3n) is 7.22. The fourth-order valence-corrected chi connectivity index (χ4v) is 5.16. The fourth-order valence-electron chi connectivity index (χ4n) is 5.16.